The van der Waals surface area contributed by atoms with E-state index in [4.69, 9.17) is 11.6 Å². The largest absolute Gasteiger partial charge is 0.323 e. The molecule has 0 fully saturated rings. The fourth-order valence-electron chi connectivity index (χ4n) is 1.95. The Bertz CT molecular complexity index is 768. The molecule has 3 rings (SSSR count). The van der Waals surface area contributed by atoms with Gasteiger partial charge in [0.15, 0.2) is 0 Å². The van der Waals surface area contributed by atoms with Crippen molar-refractivity contribution < 1.29 is 4.79 Å². The Hall–Kier alpha value is -2.79. The van der Waals surface area contributed by atoms with Crippen molar-refractivity contribution >= 4 is 29.0 Å². The number of hydrogen-bond donors (Lipinski definition) is 2. The molecule has 110 valence electrons. The van der Waals surface area contributed by atoms with Crippen LogP contribution in [0, 0.1) is 0 Å². The van der Waals surface area contributed by atoms with Gasteiger partial charge in [-0.1, -0.05) is 29.8 Å². The number of benzene rings is 2. The monoisotopic (exact) mass is 312 g/mol. The van der Waals surface area contributed by atoms with Crippen LogP contribution in [0.5, 0.6) is 0 Å². The maximum absolute atomic E-state index is 11.9. The highest BCUT2D eigenvalue weighted by Gasteiger charge is 2.03. The molecule has 0 saturated carbocycles. The molecule has 0 atom stereocenters. The number of carbonyl (C=O) groups excluding carboxylic acids is 1. The van der Waals surface area contributed by atoms with Crippen LogP contribution in [0.4, 0.5) is 16.2 Å². The Balaban J connectivity index is 1.65. The first-order valence-electron chi connectivity index (χ1n) is 6.64. The fourth-order valence-corrected chi connectivity index (χ4v) is 2.09. The normalized spacial score (nSPS) is 10.2. The molecule has 0 aliphatic rings. The number of amides is 2. The van der Waals surface area contributed by atoms with Crippen molar-refractivity contribution in [2.45, 2.75) is 0 Å². The van der Waals surface area contributed by atoms with Gasteiger partial charge in [-0.3, -0.25) is 0 Å². The predicted octanol–water partition coefficient (Wildman–Crippen LogP) is 4.17. The van der Waals surface area contributed by atoms with E-state index in [0.717, 1.165) is 11.4 Å². The molecule has 5 nitrogen and oxygen atoms in total. The standard InChI is InChI=1S/C16H13ClN4O/c17-12-10-18-21(11-12)15-8-6-14(7-9-15)20-16(22)19-13-4-2-1-3-5-13/h1-11H,(H2,19,20,22). The van der Waals surface area contributed by atoms with E-state index in [-0.39, 0.29) is 6.03 Å². The van der Waals surface area contributed by atoms with Crippen molar-refractivity contribution in [1.82, 2.24) is 9.78 Å². The number of para-hydroxylation sites is 1. The number of anilines is 2. The van der Waals surface area contributed by atoms with Crippen LogP contribution in [-0.4, -0.2) is 15.8 Å². The fraction of sp³-hybridized carbons (Fsp3) is 0. The number of nitrogens with zero attached hydrogens (tertiary/aromatic N) is 2. The second kappa shape index (κ2) is 6.32. The minimum atomic E-state index is -0.291. The third-order valence-corrected chi connectivity index (χ3v) is 3.17. The number of rotatable bonds is 3. The third kappa shape index (κ3) is 3.45. The van der Waals surface area contributed by atoms with Gasteiger partial charge in [0.05, 0.1) is 16.9 Å². The lowest BCUT2D eigenvalue weighted by Gasteiger charge is -2.08. The number of nitrogens with one attached hydrogen (secondary N) is 2. The summed E-state index contributed by atoms with van der Waals surface area (Å²) >= 11 is 5.84. The lowest BCUT2D eigenvalue weighted by molar-refractivity contribution is 0.262. The van der Waals surface area contributed by atoms with Crippen LogP contribution in [0.15, 0.2) is 67.0 Å². The Labute approximate surface area is 132 Å². The van der Waals surface area contributed by atoms with Crippen molar-refractivity contribution in [2.75, 3.05) is 10.6 Å². The average Bonchev–Trinajstić information content (AvgIpc) is 2.95. The van der Waals surface area contributed by atoms with E-state index < -0.39 is 0 Å². The Kier molecular flexibility index (Phi) is 4.07. The highest BCUT2D eigenvalue weighted by molar-refractivity contribution is 6.30. The summed E-state index contributed by atoms with van der Waals surface area (Å²) in [6.07, 6.45) is 3.28. The first-order chi connectivity index (χ1) is 10.7. The zero-order valence-corrected chi connectivity index (χ0v) is 12.3. The highest BCUT2D eigenvalue weighted by atomic mass is 35.5. The summed E-state index contributed by atoms with van der Waals surface area (Å²) in [5, 5.41) is 10.2. The predicted molar refractivity (Wildman–Crippen MR) is 87.7 cm³/mol. The van der Waals surface area contributed by atoms with E-state index in [0.29, 0.717) is 10.7 Å². The van der Waals surface area contributed by atoms with Crippen LogP contribution in [0.1, 0.15) is 0 Å². The summed E-state index contributed by atoms with van der Waals surface area (Å²) in [6, 6.07) is 16.3. The van der Waals surface area contributed by atoms with Crippen molar-refractivity contribution in [2.24, 2.45) is 0 Å². The first-order valence-corrected chi connectivity index (χ1v) is 7.02. The Morgan fingerprint density at radius 1 is 0.955 bits per heavy atom. The summed E-state index contributed by atoms with van der Waals surface area (Å²) in [4.78, 5) is 11.9. The molecule has 1 aromatic heterocycles. The molecule has 2 amide bonds. The van der Waals surface area contributed by atoms with Gasteiger partial charge in [-0.05, 0) is 36.4 Å². The van der Waals surface area contributed by atoms with Crippen LogP contribution in [-0.2, 0) is 0 Å². The molecule has 0 radical (unpaired) electrons. The van der Waals surface area contributed by atoms with E-state index in [1.54, 1.807) is 29.2 Å². The molecule has 0 unspecified atom stereocenters. The molecule has 0 aliphatic carbocycles. The van der Waals surface area contributed by atoms with E-state index in [1.807, 2.05) is 42.5 Å². The zero-order valence-electron chi connectivity index (χ0n) is 11.5. The second-order valence-electron chi connectivity index (χ2n) is 4.60. The van der Waals surface area contributed by atoms with Crippen LogP contribution >= 0.6 is 11.6 Å². The van der Waals surface area contributed by atoms with Gasteiger partial charge in [0.2, 0.25) is 0 Å². The summed E-state index contributed by atoms with van der Waals surface area (Å²) in [5.41, 5.74) is 2.29. The van der Waals surface area contributed by atoms with Crippen LogP contribution in [0.2, 0.25) is 5.02 Å². The molecule has 3 aromatic rings. The SMILES string of the molecule is O=C(Nc1ccccc1)Nc1ccc(-n2cc(Cl)cn2)cc1. The first kappa shape index (κ1) is 14.2. The van der Waals surface area contributed by atoms with Crippen LogP contribution in [0.25, 0.3) is 5.69 Å². The van der Waals surface area contributed by atoms with Gasteiger partial charge < -0.3 is 10.6 Å². The molecular formula is C16H13ClN4O. The zero-order chi connectivity index (χ0) is 15.4. The number of halogens is 1. The lowest BCUT2D eigenvalue weighted by atomic mass is 10.3. The van der Waals surface area contributed by atoms with E-state index in [9.17, 15) is 4.79 Å². The third-order valence-electron chi connectivity index (χ3n) is 2.97. The van der Waals surface area contributed by atoms with Gasteiger partial charge >= 0.3 is 6.03 Å². The molecule has 0 spiro atoms. The average molecular weight is 313 g/mol. The van der Waals surface area contributed by atoms with Gasteiger partial charge in [-0.15, -0.1) is 0 Å². The van der Waals surface area contributed by atoms with Crippen molar-refractivity contribution in [3.05, 3.63) is 72.0 Å². The van der Waals surface area contributed by atoms with Crippen LogP contribution < -0.4 is 10.6 Å². The Morgan fingerprint density at radius 3 is 2.18 bits per heavy atom. The smallest absolute Gasteiger partial charge is 0.308 e. The van der Waals surface area contributed by atoms with E-state index >= 15 is 0 Å². The molecule has 0 bridgehead atoms. The number of hydrogen-bond acceptors (Lipinski definition) is 2. The summed E-state index contributed by atoms with van der Waals surface area (Å²) < 4.78 is 1.66. The summed E-state index contributed by atoms with van der Waals surface area (Å²) in [7, 11) is 0. The molecule has 0 saturated heterocycles. The van der Waals surface area contributed by atoms with E-state index in [1.165, 1.54) is 0 Å². The van der Waals surface area contributed by atoms with Gasteiger partial charge in [0, 0.05) is 17.6 Å². The molecule has 2 N–H and O–H groups in total. The highest BCUT2D eigenvalue weighted by Crippen LogP contribution is 2.15. The maximum Gasteiger partial charge on any atom is 0.323 e. The van der Waals surface area contributed by atoms with E-state index in [2.05, 4.69) is 15.7 Å². The second-order valence-corrected chi connectivity index (χ2v) is 5.03. The summed E-state index contributed by atoms with van der Waals surface area (Å²) in [5.74, 6) is 0. The number of aromatic nitrogens is 2. The van der Waals surface area contributed by atoms with Crippen molar-refractivity contribution in [1.29, 1.82) is 0 Å². The van der Waals surface area contributed by atoms with Crippen molar-refractivity contribution in [3.63, 3.8) is 0 Å². The minimum Gasteiger partial charge on any atom is -0.308 e. The number of carbonyl (C=O) groups is 1. The molecular weight excluding hydrogens is 300 g/mol. The molecule has 22 heavy (non-hydrogen) atoms. The molecule has 2 aromatic carbocycles. The minimum absolute atomic E-state index is 0.291. The van der Waals surface area contributed by atoms with Gasteiger partial charge in [-0.25, -0.2) is 9.48 Å². The van der Waals surface area contributed by atoms with Gasteiger partial charge in [0.25, 0.3) is 0 Å². The summed E-state index contributed by atoms with van der Waals surface area (Å²) in [6.45, 7) is 0. The lowest BCUT2D eigenvalue weighted by Crippen LogP contribution is -2.19. The molecule has 0 aliphatic heterocycles. The van der Waals surface area contributed by atoms with Crippen molar-refractivity contribution in [3.8, 4) is 5.69 Å². The van der Waals surface area contributed by atoms with Gasteiger partial charge in [-0.2, -0.15) is 5.10 Å². The van der Waals surface area contributed by atoms with Gasteiger partial charge in [0.1, 0.15) is 0 Å². The topological polar surface area (TPSA) is 59.0 Å². The molecule has 1 heterocycles. The quantitative estimate of drug-likeness (QED) is 0.762. The Morgan fingerprint density at radius 2 is 1.59 bits per heavy atom. The number of urea groups is 1. The van der Waals surface area contributed by atoms with Crippen LogP contribution in [0.3, 0.4) is 0 Å². The molecule has 6 heteroatoms. The maximum atomic E-state index is 11.9.